The second kappa shape index (κ2) is 8.46. The van der Waals surface area contributed by atoms with Gasteiger partial charge in [-0.05, 0) is 75.2 Å². The highest BCUT2D eigenvalue weighted by atomic mass is 35.5. The Morgan fingerprint density at radius 1 is 1.11 bits per heavy atom. The number of aryl methyl sites for hydroxylation is 2. The second-order valence-corrected chi connectivity index (χ2v) is 7.45. The van der Waals surface area contributed by atoms with Crippen molar-refractivity contribution < 1.29 is 9.59 Å². The average molecular weight is 399 g/mol. The van der Waals surface area contributed by atoms with Crippen molar-refractivity contribution in [2.24, 2.45) is 0 Å². The summed E-state index contributed by atoms with van der Waals surface area (Å²) in [4.78, 5) is 24.2. The highest BCUT2D eigenvalue weighted by molar-refractivity contribution is 6.16. The molecular weight excluding hydrogens is 372 g/mol. The highest BCUT2D eigenvalue weighted by Crippen LogP contribution is 2.37. The summed E-state index contributed by atoms with van der Waals surface area (Å²) in [5.74, 6) is 0.310. The number of hydrogen-bond acceptors (Lipinski definition) is 3. The normalized spacial score (nSPS) is 13.1. The fourth-order valence-electron chi connectivity index (χ4n) is 4.28. The third-order valence-electron chi connectivity index (χ3n) is 5.61. The van der Waals surface area contributed by atoms with Crippen LogP contribution in [0.5, 0.6) is 0 Å². The molecule has 1 N–H and O–H groups in total. The number of ketones is 2. The highest BCUT2D eigenvalue weighted by Gasteiger charge is 2.25. The molecule has 1 aliphatic carbocycles. The molecule has 0 radical (unpaired) electrons. The van der Waals surface area contributed by atoms with Crippen LogP contribution in [0.25, 0.3) is 21.8 Å². The molecule has 0 saturated heterocycles. The quantitative estimate of drug-likeness (QED) is 0.453. The SMILES string of the molecule is CCCNCCCn1c2ccc(C(C)=O)cc2c2c3c(ccc21)C(=O)CC3.Cl. The van der Waals surface area contributed by atoms with Gasteiger partial charge in [0.2, 0.25) is 0 Å². The molecule has 1 aromatic heterocycles. The van der Waals surface area contributed by atoms with Gasteiger partial charge >= 0.3 is 0 Å². The molecule has 4 nitrogen and oxygen atoms in total. The van der Waals surface area contributed by atoms with Crippen LogP contribution in [0.4, 0.5) is 0 Å². The third kappa shape index (κ3) is 3.47. The van der Waals surface area contributed by atoms with Gasteiger partial charge in [0.1, 0.15) is 0 Å². The molecule has 0 aliphatic heterocycles. The van der Waals surface area contributed by atoms with Gasteiger partial charge in [-0.15, -0.1) is 12.4 Å². The maximum absolute atomic E-state index is 12.2. The Kier molecular flexibility index (Phi) is 6.21. The van der Waals surface area contributed by atoms with Crippen LogP contribution in [-0.2, 0) is 13.0 Å². The van der Waals surface area contributed by atoms with Gasteiger partial charge in [-0.25, -0.2) is 0 Å². The Labute approximate surface area is 171 Å². The van der Waals surface area contributed by atoms with Crippen LogP contribution in [0.1, 0.15) is 59.4 Å². The van der Waals surface area contributed by atoms with Gasteiger partial charge in [-0.1, -0.05) is 6.92 Å². The van der Waals surface area contributed by atoms with E-state index in [0.29, 0.717) is 6.42 Å². The van der Waals surface area contributed by atoms with Gasteiger partial charge in [0.15, 0.2) is 11.6 Å². The number of benzene rings is 2. The Bertz CT molecular complexity index is 1050. The van der Waals surface area contributed by atoms with E-state index in [4.69, 9.17) is 0 Å². The van der Waals surface area contributed by atoms with Gasteiger partial charge in [0, 0.05) is 45.9 Å². The number of Topliss-reactive ketones (excluding diaryl/α,β-unsaturated/α-hetero) is 2. The van der Waals surface area contributed by atoms with Crippen LogP contribution in [0, 0.1) is 0 Å². The predicted octanol–water partition coefficient (Wildman–Crippen LogP) is 4.94. The zero-order valence-electron chi connectivity index (χ0n) is 16.5. The molecule has 0 atom stereocenters. The number of aromatic nitrogens is 1. The fraction of sp³-hybridized carbons (Fsp3) is 0.391. The van der Waals surface area contributed by atoms with Crippen molar-refractivity contribution in [1.82, 2.24) is 9.88 Å². The molecule has 5 heteroatoms. The summed E-state index contributed by atoms with van der Waals surface area (Å²) >= 11 is 0. The molecule has 0 saturated carbocycles. The summed E-state index contributed by atoms with van der Waals surface area (Å²) in [6, 6.07) is 10.1. The van der Waals surface area contributed by atoms with Crippen molar-refractivity contribution in [3.05, 3.63) is 47.0 Å². The first-order chi connectivity index (χ1) is 13.1. The van der Waals surface area contributed by atoms with Crippen molar-refractivity contribution in [2.45, 2.75) is 46.1 Å². The van der Waals surface area contributed by atoms with Crippen molar-refractivity contribution in [1.29, 1.82) is 0 Å². The number of fused-ring (bicyclic) bond motifs is 5. The zero-order chi connectivity index (χ0) is 19.0. The average Bonchev–Trinajstić information content (AvgIpc) is 3.19. The van der Waals surface area contributed by atoms with Crippen LogP contribution < -0.4 is 5.32 Å². The summed E-state index contributed by atoms with van der Waals surface area (Å²) in [5, 5.41) is 5.73. The number of nitrogens with one attached hydrogen (secondary N) is 1. The van der Waals surface area contributed by atoms with Crippen LogP contribution >= 0.6 is 12.4 Å². The maximum atomic E-state index is 12.2. The fourth-order valence-corrected chi connectivity index (χ4v) is 4.28. The summed E-state index contributed by atoms with van der Waals surface area (Å²) in [6.07, 6.45) is 3.58. The van der Waals surface area contributed by atoms with Crippen LogP contribution in [-0.4, -0.2) is 29.2 Å². The first-order valence-corrected chi connectivity index (χ1v) is 9.94. The van der Waals surface area contributed by atoms with Crippen LogP contribution in [0.3, 0.4) is 0 Å². The van der Waals surface area contributed by atoms with E-state index in [1.807, 2.05) is 18.2 Å². The van der Waals surface area contributed by atoms with Crippen molar-refractivity contribution >= 4 is 45.8 Å². The first-order valence-electron chi connectivity index (χ1n) is 9.94. The van der Waals surface area contributed by atoms with Gasteiger partial charge < -0.3 is 9.88 Å². The van der Waals surface area contributed by atoms with Crippen molar-refractivity contribution in [3.8, 4) is 0 Å². The van der Waals surface area contributed by atoms with E-state index in [0.717, 1.165) is 71.9 Å². The van der Waals surface area contributed by atoms with E-state index >= 15 is 0 Å². The minimum atomic E-state index is 0. The summed E-state index contributed by atoms with van der Waals surface area (Å²) < 4.78 is 2.35. The predicted molar refractivity (Wildman–Crippen MR) is 117 cm³/mol. The lowest BCUT2D eigenvalue weighted by Crippen LogP contribution is -2.17. The molecule has 1 aliphatic rings. The molecular formula is C23H27ClN2O2. The van der Waals surface area contributed by atoms with Gasteiger partial charge in [0.05, 0.1) is 0 Å². The zero-order valence-corrected chi connectivity index (χ0v) is 17.3. The topological polar surface area (TPSA) is 51.1 Å². The second-order valence-electron chi connectivity index (χ2n) is 7.45. The summed E-state index contributed by atoms with van der Waals surface area (Å²) in [5.41, 5.74) is 5.08. The largest absolute Gasteiger partial charge is 0.340 e. The molecule has 0 spiro atoms. The molecule has 0 unspecified atom stereocenters. The first kappa shape index (κ1) is 20.6. The van der Waals surface area contributed by atoms with Crippen molar-refractivity contribution in [3.63, 3.8) is 0 Å². The Morgan fingerprint density at radius 2 is 1.89 bits per heavy atom. The van der Waals surface area contributed by atoms with Gasteiger partial charge in [-0.2, -0.15) is 0 Å². The Morgan fingerprint density at radius 3 is 2.64 bits per heavy atom. The summed E-state index contributed by atoms with van der Waals surface area (Å²) in [7, 11) is 0. The number of carbonyl (C=O) groups is 2. The molecule has 0 amide bonds. The van der Waals surface area contributed by atoms with E-state index in [2.05, 4.69) is 28.9 Å². The minimum absolute atomic E-state index is 0. The van der Waals surface area contributed by atoms with Crippen molar-refractivity contribution in [2.75, 3.05) is 13.1 Å². The van der Waals surface area contributed by atoms with E-state index in [1.165, 1.54) is 5.52 Å². The number of halogens is 1. The van der Waals surface area contributed by atoms with Crippen LogP contribution in [0.15, 0.2) is 30.3 Å². The van der Waals surface area contributed by atoms with E-state index in [-0.39, 0.29) is 24.0 Å². The minimum Gasteiger partial charge on any atom is -0.340 e. The standard InChI is InChI=1S/C23H26N2O2.ClH/c1-3-11-24-12-4-13-25-20-8-5-16(15(2)26)14-19(20)23-18-7-10-22(27)17(18)6-9-21(23)25;/h5-6,8-9,14,24H,3-4,7,10-13H2,1-2H3;1H. The molecule has 148 valence electrons. The molecule has 0 bridgehead atoms. The number of carbonyl (C=O) groups excluding carboxylic acids is 2. The van der Waals surface area contributed by atoms with E-state index in [1.54, 1.807) is 6.92 Å². The lowest BCUT2D eigenvalue weighted by atomic mass is 10.0. The summed E-state index contributed by atoms with van der Waals surface area (Å²) in [6.45, 7) is 6.74. The van der Waals surface area contributed by atoms with Gasteiger partial charge in [0.25, 0.3) is 0 Å². The maximum Gasteiger partial charge on any atom is 0.163 e. The number of rotatable bonds is 7. The lowest BCUT2D eigenvalue weighted by molar-refractivity contribution is 0.0991. The number of hydrogen-bond donors (Lipinski definition) is 1. The molecule has 0 fully saturated rings. The lowest BCUT2D eigenvalue weighted by Gasteiger charge is -2.09. The Balaban J connectivity index is 0.00000225. The monoisotopic (exact) mass is 398 g/mol. The third-order valence-corrected chi connectivity index (χ3v) is 5.61. The molecule has 4 rings (SSSR count). The molecule has 1 heterocycles. The molecule has 3 aromatic rings. The molecule has 2 aromatic carbocycles. The van der Waals surface area contributed by atoms with Crippen LogP contribution in [0.2, 0.25) is 0 Å². The van der Waals surface area contributed by atoms with E-state index in [9.17, 15) is 9.59 Å². The van der Waals surface area contributed by atoms with Gasteiger partial charge in [-0.3, -0.25) is 9.59 Å². The number of nitrogens with zero attached hydrogens (tertiary/aromatic N) is 1. The molecule has 28 heavy (non-hydrogen) atoms. The Hall–Kier alpha value is -2.17. The smallest absolute Gasteiger partial charge is 0.163 e. The van der Waals surface area contributed by atoms with E-state index < -0.39 is 0 Å².